The van der Waals surface area contributed by atoms with Crippen molar-refractivity contribution in [1.82, 2.24) is 4.98 Å². The Bertz CT molecular complexity index is 842. The Morgan fingerprint density at radius 2 is 1.60 bits per heavy atom. The predicted octanol–water partition coefficient (Wildman–Crippen LogP) is 7.19. The standard InChI is InChI=1S/C27H41N3/c1-8-12-23(13-9-2)30-15-11-14-24-25(30)18-22(7)28-27(24)29(10-3)26-20(5)16-19(4)17-21(26)6/h16-18,23H,8-15H2,1-7H3. The highest BCUT2D eigenvalue weighted by atomic mass is 15.2. The monoisotopic (exact) mass is 407 g/mol. The first-order valence-corrected chi connectivity index (χ1v) is 12.0. The van der Waals surface area contributed by atoms with Crippen LogP contribution >= 0.6 is 0 Å². The largest absolute Gasteiger partial charge is 0.368 e. The molecule has 0 N–H and O–H groups in total. The minimum absolute atomic E-state index is 0.645. The number of benzene rings is 1. The van der Waals surface area contributed by atoms with E-state index in [4.69, 9.17) is 4.98 Å². The van der Waals surface area contributed by atoms with Crippen LogP contribution in [0.3, 0.4) is 0 Å². The average Bonchev–Trinajstić information content (AvgIpc) is 2.69. The van der Waals surface area contributed by atoms with Crippen molar-refractivity contribution < 1.29 is 0 Å². The quantitative estimate of drug-likeness (QED) is 0.461. The summed E-state index contributed by atoms with van der Waals surface area (Å²) in [6.45, 7) is 17.8. The molecule has 0 fully saturated rings. The maximum atomic E-state index is 5.12. The van der Waals surface area contributed by atoms with Crippen molar-refractivity contribution in [2.24, 2.45) is 0 Å². The number of pyridine rings is 1. The van der Waals surface area contributed by atoms with Gasteiger partial charge in [0.05, 0.1) is 0 Å². The molecule has 0 unspecified atom stereocenters. The Balaban J connectivity index is 2.13. The Kier molecular flexibility index (Phi) is 7.44. The van der Waals surface area contributed by atoms with Crippen molar-refractivity contribution in [2.45, 2.75) is 93.0 Å². The van der Waals surface area contributed by atoms with E-state index in [1.54, 1.807) is 0 Å². The van der Waals surface area contributed by atoms with E-state index < -0.39 is 0 Å². The zero-order valence-electron chi connectivity index (χ0n) is 20.3. The minimum Gasteiger partial charge on any atom is -0.368 e. The number of rotatable bonds is 8. The highest BCUT2D eigenvalue weighted by Crippen LogP contribution is 2.40. The van der Waals surface area contributed by atoms with E-state index >= 15 is 0 Å². The summed E-state index contributed by atoms with van der Waals surface area (Å²) in [5, 5.41) is 0. The van der Waals surface area contributed by atoms with Gasteiger partial charge in [-0.1, -0.05) is 44.4 Å². The average molecular weight is 408 g/mol. The second-order valence-electron chi connectivity index (χ2n) is 9.10. The first-order valence-electron chi connectivity index (χ1n) is 12.0. The summed E-state index contributed by atoms with van der Waals surface area (Å²) in [6, 6.07) is 7.60. The van der Waals surface area contributed by atoms with Gasteiger partial charge in [0.2, 0.25) is 0 Å². The molecule has 0 bridgehead atoms. The van der Waals surface area contributed by atoms with Crippen LogP contribution in [0, 0.1) is 27.7 Å². The van der Waals surface area contributed by atoms with E-state index in [9.17, 15) is 0 Å². The van der Waals surface area contributed by atoms with Crippen molar-refractivity contribution in [3.63, 3.8) is 0 Å². The zero-order chi connectivity index (χ0) is 21.8. The molecule has 2 heterocycles. The smallest absolute Gasteiger partial charge is 0.138 e. The zero-order valence-corrected chi connectivity index (χ0v) is 20.3. The minimum atomic E-state index is 0.645. The SMILES string of the molecule is CCCC(CCC)N1CCCc2c1cc(C)nc2N(CC)c1c(C)cc(C)cc1C. The van der Waals surface area contributed by atoms with E-state index in [2.05, 4.69) is 76.5 Å². The van der Waals surface area contributed by atoms with Crippen LogP contribution in [0.5, 0.6) is 0 Å². The second kappa shape index (κ2) is 9.85. The molecule has 1 aromatic heterocycles. The molecule has 0 amide bonds. The van der Waals surface area contributed by atoms with Crippen molar-refractivity contribution in [3.05, 3.63) is 46.1 Å². The highest BCUT2D eigenvalue weighted by molar-refractivity contribution is 5.75. The molecular formula is C27H41N3. The molecule has 0 atom stereocenters. The lowest BCUT2D eigenvalue weighted by atomic mass is 9.95. The molecule has 0 saturated heterocycles. The molecule has 3 heteroatoms. The van der Waals surface area contributed by atoms with Crippen LogP contribution in [0.4, 0.5) is 17.2 Å². The first-order chi connectivity index (χ1) is 14.4. The van der Waals surface area contributed by atoms with Crippen LogP contribution in [-0.2, 0) is 6.42 Å². The lowest BCUT2D eigenvalue weighted by Gasteiger charge is -2.40. The van der Waals surface area contributed by atoms with Crippen LogP contribution in [0.1, 0.15) is 80.8 Å². The maximum absolute atomic E-state index is 5.12. The third kappa shape index (κ3) is 4.50. The summed E-state index contributed by atoms with van der Waals surface area (Å²) in [6.07, 6.45) is 7.39. The fourth-order valence-electron chi connectivity index (χ4n) is 5.45. The van der Waals surface area contributed by atoms with Gasteiger partial charge in [0.1, 0.15) is 5.82 Å². The molecule has 0 aliphatic carbocycles. The Hall–Kier alpha value is -2.03. The molecule has 0 spiro atoms. The molecule has 1 aromatic carbocycles. The number of hydrogen-bond acceptors (Lipinski definition) is 3. The molecule has 2 aromatic rings. The first kappa shape index (κ1) is 22.7. The number of anilines is 3. The number of fused-ring (bicyclic) bond motifs is 1. The second-order valence-corrected chi connectivity index (χ2v) is 9.10. The van der Waals surface area contributed by atoms with Gasteiger partial charge >= 0.3 is 0 Å². The molecule has 3 nitrogen and oxygen atoms in total. The number of aromatic nitrogens is 1. The van der Waals surface area contributed by atoms with Gasteiger partial charge in [-0.2, -0.15) is 0 Å². The van der Waals surface area contributed by atoms with Crippen LogP contribution in [0.15, 0.2) is 18.2 Å². The number of aryl methyl sites for hydroxylation is 4. The molecule has 1 aliphatic rings. The summed E-state index contributed by atoms with van der Waals surface area (Å²) in [7, 11) is 0. The van der Waals surface area contributed by atoms with Gasteiger partial charge in [0.15, 0.2) is 0 Å². The molecule has 164 valence electrons. The van der Waals surface area contributed by atoms with Gasteiger partial charge < -0.3 is 9.80 Å². The van der Waals surface area contributed by atoms with E-state index in [-0.39, 0.29) is 0 Å². The lowest BCUT2D eigenvalue weighted by Crippen LogP contribution is -2.40. The summed E-state index contributed by atoms with van der Waals surface area (Å²) < 4.78 is 0. The van der Waals surface area contributed by atoms with Crippen LogP contribution < -0.4 is 9.80 Å². The fourth-order valence-corrected chi connectivity index (χ4v) is 5.45. The Morgan fingerprint density at radius 3 is 2.17 bits per heavy atom. The third-order valence-electron chi connectivity index (χ3n) is 6.50. The van der Waals surface area contributed by atoms with Crippen molar-refractivity contribution in [2.75, 3.05) is 22.9 Å². The number of nitrogens with zero attached hydrogens (tertiary/aromatic N) is 3. The fraction of sp³-hybridized carbons (Fsp3) is 0.593. The predicted molar refractivity (Wildman–Crippen MR) is 132 cm³/mol. The van der Waals surface area contributed by atoms with Gasteiger partial charge in [0.25, 0.3) is 0 Å². The summed E-state index contributed by atoms with van der Waals surface area (Å²) >= 11 is 0. The lowest BCUT2D eigenvalue weighted by molar-refractivity contribution is 0.488. The summed E-state index contributed by atoms with van der Waals surface area (Å²) in [5.41, 5.74) is 9.37. The van der Waals surface area contributed by atoms with Gasteiger partial charge in [-0.05, 0) is 77.5 Å². The Labute approximate surface area is 184 Å². The molecule has 30 heavy (non-hydrogen) atoms. The summed E-state index contributed by atoms with van der Waals surface area (Å²) in [4.78, 5) is 10.3. The topological polar surface area (TPSA) is 19.4 Å². The summed E-state index contributed by atoms with van der Waals surface area (Å²) in [5.74, 6) is 1.18. The van der Waals surface area contributed by atoms with Gasteiger partial charge in [-0.25, -0.2) is 4.98 Å². The Morgan fingerprint density at radius 1 is 0.967 bits per heavy atom. The van der Waals surface area contributed by atoms with Crippen molar-refractivity contribution >= 4 is 17.2 Å². The highest BCUT2D eigenvalue weighted by Gasteiger charge is 2.28. The molecule has 0 radical (unpaired) electrons. The van der Waals surface area contributed by atoms with Crippen molar-refractivity contribution in [3.8, 4) is 0 Å². The molecular weight excluding hydrogens is 366 g/mol. The third-order valence-corrected chi connectivity index (χ3v) is 6.50. The van der Waals surface area contributed by atoms with Crippen LogP contribution in [0.2, 0.25) is 0 Å². The van der Waals surface area contributed by atoms with E-state index in [0.29, 0.717) is 6.04 Å². The number of hydrogen-bond donors (Lipinski definition) is 0. The van der Waals surface area contributed by atoms with Gasteiger partial charge in [-0.15, -0.1) is 0 Å². The van der Waals surface area contributed by atoms with E-state index in [1.807, 2.05) is 0 Å². The van der Waals surface area contributed by atoms with E-state index in [1.165, 1.54) is 78.1 Å². The molecule has 3 rings (SSSR count). The van der Waals surface area contributed by atoms with Crippen LogP contribution in [-0.4, -0.2) is 24.1 Å². The van der Waals surface area contributed by atoms with Gasteiger partial charge in [-0.3, -0.25) is 0 Å². The molecule has 1 aliphatic heterocycles. The van der Waals surface area contributed by atoms with E-state index in [0.717, 1.165) is 18.7 Å². The van der Waals surface area contributed by atoms with Crippen LogP contribution in [0.25, 0.3) is 0 Å². The molecule has 0 saturated carbocycles. The van der Waals surface area contributed by atoms with Gasteiger partial charge in [0, 0.05) is 41.8 Å². The van der Waals surface area contributed by atoms with Crippen molar-refractivity contribution in [1.29, 1.82) is 0 Å². The maximum Gasteiger partial charge on any atom is 0.138 e. The normalized spacial score (nSPS) is 13.7.